The number of hydrogen-bond acceptors (Lipinski definition) is 5. The van der Waals surface area contributed by atoms with Crippen LogP contribution in [0.25, 0.3) is 11.2 Å². The minimum atomic E-state index is -0.416. The van der Waals surface area contributed by atoms with Crippen molar-refractivity contribution in [1.29, 1.82) is 0 Å². The standard InChI is InChI=1S/C19H24N6O3/c1-2-24-17-16(18(26)22-19(24)27)25(8-12-10-28-11-12)15(21-17)7-13-9-23-6-4-3-5-14(23)20-13/h9,12H,2-8,10-11H2,1H3,(H,22,26,27). The molecule has 9 heteroatoms. The first-order valence-corrected chi connectivity index (χ1v) is 9.99. The van der Waals surface area contributed by atoms with Crippen molar-refractivity contribution < 1.29 is 4.74 Å². The number of hydrogen-bond donors (Lipinski definition) is 1. The van der Waals surface area contributed by atoms with Crippen LogP contribution < -0.4 is 11.2 Å². The summed E-state index contributed by atoms with van der Waals surface area (Å²) in [6.45, 7) is 5.36. The highest BCUT2D eigenvalue weighted by atomic mass is 16.5. The molecule has 0 atom stereocenters. The van der Waals surface area contributed by atoms with Gasteiger partial charge >= 0.3 is 5.69 Å². The Balaban J connectivity index is 1.63. The maximum Gasteiger partial charge on any atom is 0.330 e. The monoisotopic (exact) mass is 384 g/mol. The largest absolute Gasteiger partial charge is 0.381 e. The van der Waals surface area contributed by atoms with Crippen LogP contribution in [0, 0.1) is 5.92 Å². The van der Waals surface area contributed by atoms with Gasteiger partial charge in [0.15, 0.2) is 11.2 Å². The van der Waals surface area contributed by atoms with Gasteiger partial charge in [-0.2, -0.15) is 0 Å². The van der Waals surface area contributed by atoms with Gasteiger partial charge in [-0.25, -0.2) is 14.8 Å². The fraction of sp³-hybridized carbons (Fsp3) is 0.579. The minimum absolute atomic E-state index is 0.354. The molecule has 148 valence electrons. The molecule has 3 aromatic rings. The molecule has 0 unspecified atom stereocenters. The number of aromatic amines is 1. The lowest BCUT2D eigenvalue weighted by molar-refractivity contribution is -0.0392. The minimum Gasteiger partial charge on any atom is -0.381 e. The Morgan fingerprint density at radius 1 is 1.21 bits per heavy atom. The normalized spacial score (nSPS) is 17.0. The van der Waals surface area contributed by atoms with Gasteiger partial charge in [-0.15, -0.1) is 0 Å². The summed E-state index contributed by atoms with van der Waals surface area (Å²) in [7, 11) is 0. The van der Waals surface area contributed by atoms with Crippen LogP contribution in [0.4, 0.5) is 0 Å². The van der Waals surface area contributed by atoms with E-state index in [1.807, 2.05) is 11.5 Å². The number of imidazole rings is 2. The van der Waals surface area contributed by atoms with Crippen molar-refractivity contribution in [3.05, 3.63) is 44.4 Å². The lowest BCUT2D eigenvalue weighted by Gasteiger charge is -2.27. The van der Waals surface area contributed by atoms with Gasteiger partial charge in [0, 0.05) is 44.6 Å². The predicted molar refractivity (Wildman–Crippen MR) is 103 cm³/mol. The van der Waals surface area contributed by atoms with Gasteiger partial charge < -0.3 is 13.9 Å². The molecular weight excluding hydrogens is 360 g/mol. The highest BCUT2D eigenvalue weighted by Gasteiger charge is 2.25. The van der Waals surface area contributed by atoms with Gasteiger partial charge in [-0.1, -0.05) is 0 Å². The molecule has 0 saturated carbocycles. The second kappa shape index (κ2) is 6.73. The summed E-state index contributed by atoms with van der Waals surface area (Å²) in [4.78, 5) is 36.8. The summed E-state index contributed by atoms with van der Waals surface area (Å²) >= 11 is 0. The number of H-pyrrole nitrogens is 1. The van der Waals surface area contributed by atoms with Crippen LogP contribution in [0.3, 0.4) is 0 Å². The molecule has 5 heterocycles. The van der Waals surface area contributed by atoms with Crippen molar-refractivity contribution in [3.63, 3.8) is 0 Å². The van der Waals surface area contributed by atoms with Crippen molar-refractivity contribution in [1.82, 2.24) is 28.7 Å². The maximum absolute atomic E-state index is 12.6. The molecule has 1 saturated heterocycles. The van der Waals surface area contributed by atoms with Crippen LogP contribution in [-0.4, -0.2) is 41.9 Å². The molecule has 0 aromatic carbocycles. The first-order valence-electron chi connectivity index (χ1n) is 9.99. The number of fused-ring (bicyclic) bond motifs is 2. The molecule has 2 aliphatic heterocycles. The first kappa shape index (κ1) is 17.4. The summed E-state index contributed by atoms with van der Waals surface area (Å²) in [5, 5.41) is 0. The number of rotatable bonds is 5. The van der Waals surface area contributed by atoms with Crippen LogP contribution in [0.1, 0.15) is 37.1 Å². The molecule has 0 radical (unpaired) electrons. The van der Waals surface area contributed by atoms with Crippen molar-refractivity contribution in [3.8, 4) is 0 Å². The highest BCUT2D eigenvalue weighted by molar-refractivity contribution is 5.71. The molecule has 2 aliphatic rings. The average molecular weight is 384 g/mol. The summed E-state index contributed by atoms with van der Waals surface area (Å²) in [5.41, 5.74) is 1.08. The molecule has 28 heavy (non-hydrogen) atoms. The van der Waals surface area contributed by atoms with E-state index < -0.39 is 5.69 Å². The quantitative estimate of drug-likeness (QED) is 0.697. The van der Waals surface area contributed by atoms with Gasteiger partial charge in [-0.3, -0.25) is 14.3 Å². The molecule has 0 spiro atoms. The summed E-state index contributed by atoms with van der Waals surface area (Å²) in [6.07, 6.45) is 6.00. The van der Waals surface area contributed by atoms with Gasteiger partial charge in [0.25, 0.3) is 5.56 Å². The van der Waals surface area contributed by atoms with Crippen LogP contribution in [0.5, 0.6) is 0 Å². The van der Waals surface area contributed by atoms with Crippen molar-refractivity contribution in [2.24, 2.45) is 5.92 Å². The van der Waals surface area contributed by atoms with Crippen molar-refractivity contribution in [2.45, 2.75) is 52.2 Å². The Labute approximate surface area is 161 Å². The fourth-order valence-electron chi connectivity index (χ4n) is 4.21. The zero-order valence-electron chi connectivity index (χ0n) is 16.0. The van der Waals surface area contributed by atoms with E-state index in [-0.39, 0.29) is 5.56 Å². The zero-order valence-corrected chi connectivity index (χ0v) is 16.0. The lowest BCUT2D eigenvalue weighted by atomic mass is 10.1. The predicted octanol–water partition coefficient (Wildman–Crippen LogP) is 0.676. The Kier molecular flexibility index (Phi) is 4.19. The van der Waals surface area contributed by atoms with Gasteiger partial charge in [0.1, 0.15) is 11.6 Å². The SMILES string of the molecule is CCn1c(=O)[nH]c(=O)c2c1nc(Cc1cn3c(n1)CCCC3)n2CC1COC1. The molecule has 9 nitrogen and oxygen atoms in total. The number of aryl methyl sites for hydroxylation is 3. The average Bonchev–Trinajstić information content (AvgIpc) is 3.19. The van der Waals surface area contributed by atoms with E-state index in [9.17, 15) is 9.59 Å². The third-order valence-electron chi connectivity index (χ3n) is 5.73. The van der Waals surface area contributed by atoms with Crippen LogP contribution in [-0.2, 0) is 37.2 Å². The maximum atomic E-state index is 12.6. The molecule has 0 amide bonds. The molecule has 1 fully saturated rings. The van der Waals surface area contributed by atoms with Crippen molar-refractivity contribution in [2.75, 3.05) is 13.2 Å². The highest BCUT2D eigenvalue weighted by Crippen LogP contribution is 2.21. The third kappa shape index (κ3) is 2.81. The first-order chi connectivity index (χ1) is 13.6. The number of nitrogens with zero attached hydrogens (tertiary/aromatic N) is 5. The summed E-state index contributed by atoms with van der Waals surface area (Å²) in [6, 6.07) is 0. The van der Waals surface area contributed by atoms with E-state index in [1.54, 1.807) is 0 Å². The second-order valence-electron chi connectivity index (χ2n) is 7.69. The topological polar surface area (TPSA) is 99.7 Å². The Morgan fingerprint density at radius 3 is 2.79 bits per heavy atom. The molecule has 1 N–H and O–H groups in total. The summed E-state index contributed by atoms with van der Waals surface area (Å²) < 4.78 is 11.0. The number of ether oxygens (including phenoxy) is 1. The van der Waals surface area contributed by atoms with Gasteiger partial charge in [0.05, 0.1) is 18.9 Å². The van der Waals surface area contributed by atoms with E-state index in [2.05, 4.69) is 15.7 Å². The molecule has 0 aliphatic carbocycles. The summed E-state index contributed by atoms with van der Waals surface area (Å²) in [5.74, 6) is 2.25. The van der Waals surface area contributed by atoms with Crippen LogP contribution >= 0.6 is 0 Å². The molecular formula is C19H24N6O3. The Morgan fingerprint density at radius 2 is 2.07 bits per heavy atom. The lowest BCUT2D eigenvalue weighted by Crippen LogP contribution is -2.34. The van der Waals surface area contributed by atoms with Crippen LogP contribution in [0.2, 0.25) is 0 Å². The van der Waals surface area contributed by atoms with Gasteiger partial charge in [-0.05, 0) is 19.8 Å². The van der Waals surface area contributed by atoms with Gasteiger partial charge in [0.2, 0.25) is 0 Å². The Bertz CT molecular complexity index is 1120. The molecule has 5 rings (SSSR count). The van der Waals surface area contributed by atoms with E-state index in [1.165, 1.54) is 17.4 Å². The third-order valence-corrected chi connectivity index (χ3v) is 5.73. The van der Waals surface area contributed by atoms with E-state index >= 15 is 0 Å². The molecule has 0 bridgehead atoms. The zero-order chi connectivity index (χ0) is 19.3. The smallest absolute Gasteiger partial charge is 0.330 e. The fourth-order valence-corrected chi connectivity index (χ4v) is 4.21. The Hall–Kier alpha value is -2.68. The second-order valence-corrected chi connectivity index (χ2v) is 7.69. The van der Waals surface area contributed by atoms with E-state index in [0.29, 0.717) is 49.8 Å². The van der Waals surface area contributed by atoms with Crippen LogP contribution in [0.15, 0.2) is 15.8 Å². The van der Waals surface area contributed by atoms with E-state index in [4.69, 9.17) is 14.7 Å². The number of aromatic nitrogens is 6. The van der Waals surface area contributed by atoms with Crippen molar-refractivity contribution >= 4 is 11.2 Å². The number of nitrogens with one attached hydrogen (secondary N) is 1. The molecule has 3 aromatic heterocycles. The van der Waals surface area contributed by atoms with E-state index in [0.717, 1.165) is 30.3 Å².